The van der Waals surface area contributed by atoms with Gasteiger partial charge in [0.2, 0.25) is 0 Å². The van der Waals surface area contributed by atoms with Crippen LogP contribution in [0.25, 0.3) is 11.0 Å². The van der Waals surface area contributed by atoms with Gasteiger partial charge < -0.3 is 14.4 Å². The normalized spacial score (nSPS) is 11.2. The van der Waals surface area contributed by atoms with Crippen molar-refractivity contribution < 1.29 is 9.84 Å². The molecule has 0 saturated heterocycles. The van der Waals surface area contributed by atoms with Gasteiger partial charge in [-0.3, -0.25) is 0 Å². The van der Waals surface area contributed by atoms with Crippen molar-refractivity contribution in [1.82, 2.24) is 9.55 Å². The summed E-state index contributed by atoms with van der Waals surface area (Å²) in [7, 11) is 0. The van der Waals surface area contributed by atoms with Gasteiger partial charge in [-0.05, 0) is 55.7 Å². The Morgan fingerprint density at radius 2 is 2.00 bits per heavy atom. The number of aromatic nitrogens is 2. The Kier molecular flexibility index (Phi) is 5.95. The van der Waals surface area contributed by atoms with Crippen LogP contribution in [0, 0.1) is 6.92 Å². The van der Waals surface area contributed by atoms with Crippen LogP contribution in [0.1, 0.15) is 24.2 Å². The van der Waals surface area contributed by atoms with Crippen molar-refractivity contribution in [2.45, 2.75) is 32.7 Å². The molecule has 3 aromatic rings. The second-order valence-electron chi connectivity index (χ2n) is 6.11. The SMILES string of the molecule is Cc1cc(OCCCCn2c(CCO)nc3ccccc32)ccc1Cl. The Hall–Kier alpha value is -2.04. The molecule has 1 aromatic heterocycles. The Bertz CT molecular complexity index is 845. The van der Waals surface area contributed by atoms with E-state index in [1.54, 1.807) is 0 Å². The zero-order valence-electron chi connectivity index (χ0n) is 14.4. The van der Waals surface area contributed by atoms with E-state index in [9.17, 15) is 5.11 Å². The van der Waals surface area contributed by atoms with E-state index in [2.05, 4.69) is 15.6 Å². The van der Waals surface area contributed by atoms with E-state index in [1.165, 1.54) is 0 Å². The summed E-state index contributed by atoms with van der Waals surface area (Å²) < 4.78 is 8.01. The maximum atomic E-state index is 9.26. The number of halogens is 1. The summed E-state index contributed by atoms with van der Waals surface area (Å²) in [6.07, 6.45) is 2.52. The molecule has 132 valence electrons. The minimum atomic E-state index is 0.113. The van der Waals surface area contributed by atoms with Gasteiger partial charge in [-0.25, -0.2) is 4.98 Å². The van der Waals surface area contributed by atoms with Crippen molar-refractivity contribution in [3.63, 3.8) is 0 Å². The first-order chi connectivity index (χ1) is 12.2. The number of ether oxygens (including phenoxy) is 1. The largest absolute Gasteiger partial charge is 0.494 e. The van der Waals surface area contributed by atoms with Gasteiger partial charge in [0.05, 0.1) is 24.2 Å². The lowest BCUT2D eigenvalue weighted by atomic mass is 10.2. The van der Waals surface area contributed by atoms with Gasteiger partial charge in [0.1, 0.15) is 11.6 Å². The zero-order chi connectivity index (χ0) is 17.6. The highest BCUT2D eigenvalue weighted by atomic mass is 35.5. The number of para-hydroxylation sites is 2. The molecule has 0 aliphatic rings. The fourth-order valence-electron chi connectivity index (χ4n) is 2.93. The maximum Gasteiger partial charge on any atom is 0.119 e. The molecular formula is C20H23ClN2O2. The van der Waals surface area contributed by atoms with Crippen LogP contribution in [0.3, 0.4) is 0 Å². The number of aryl methyl sites for hydroxylation is 2. The monoisotopic (exact) mass is 358 g/mol. The first-order valence-corrected chi connectivity index (χ1v) is 9.01. The first kappa shape index (κ1) is 17.8. The maximum absolute atomic E-state index is 9.26. The average Bonchev–Trinajstić information content (AvgIpc) is 2.95. The molecule has 2 aromatic carbocycles. The third kappa shape index (κ3) is 4.33. The minimum Gasteiger partial charge on any atom is -0.494 e. The van der Waals surface area contributed by atoms with E-state index >= 15 is 0 Å². The smallest absolute Gasteiger partial charge is 0.119 e. The molecule has 5 heteroatoms. The predicted octanol–water partition coefficient (Wildman–Crippen LogP) is 4.39. The first-order valence-electron chi connectivity index (χ1n) is 8.63. The number of nitrogens with zero attached hydrogens (tertiary/aromatic N) is 2. The van der Waals surface area contributed by atoms with Crippen molar-refractivity contribution in [1.29, 1.82) is 0 Å². The third-order valence-corrected chi connectivity index (χ3v) is 4.67. The molecule has 3 rings (SSSR count). The summed E-state index contributed by atoms with van der Waals surface area (Å²) in [6, 6.07) is 13.8. The fraction of sp³-hybridized carbons (Fsp3) is 0.350. The lowest BCUT2D eigenvalue weighted by molar-refractivity contribution is 0.292. The molecule has 0 amide bonds. The third-order valence-electron chi connectivity index (χ3n) is 4.24. The second kappa shape index (κ2) is 8.37. The molecule has 25 heavy (non-hydrogen) atoms. The molecule has 0 aliphatic carbocycles. The molecular weight excluding hydrogens is 336 g/mol. The minimum absolute atomic E-state index is 0.113. The lowest BCUT2D eigenvalue weighted by Gasteiger charge is -2.10. The van der Waals surface area contributed by atoms with Gasteiger partial charge in [0.25, 0.3) is 0 Å². The zero-order valence-corrected chi connectivity index (χ0v) is 15.2. The Labute approximate surface area is 153 Å². The number of benzene rings is 2. The highest BCUT2D eigenvalue weighted by molar-refractivity contribution is 6.31. The van der Waals surface area contributed by atoms with E-state index in [4.69, 9.17) is 16.3 Å². The van der Waals surface area contributed by atoms with Crippen LogP contribution in [0.5, 0.6) is 5.75 Å². The Morgan fingerprint density at radius 3 is 2.80 bits per heavy atom. The van der Waals surface area contributed by atoms with Crippen LogP contribution >= 0.6 is 11.6 Å². The number of hydrogen-bond acceptors (Lipinski definition) is 3. The van der Waals surface area contributed by atoms with Gasteiger partial charge in [0.15, 0.2) is 0 Å². The Balaban J connectivity index is 1.56. The number of hydrogen-bond donors (Lipinski definition) is 1. The molecule has 0 atom stereocenters. The second-order valence-corrected chi connectivity index (χ2v) is 6.52. The van der Waals surface area contributed by atoms with Gasteiger partial charge in [-0.1, -0.05) is 23.7 Å². The van der Waals surface area contributed by atoms with Gasteiger partial charge in [-0.2, -0.15) is 0 Å². The molecule has 0 aliphatic heterocycles. The van der Waals surface area contributed by atoms with Crippen LogP contribution in [0.4, 0.5) is 0 Å². The van der Waals surface area contributed by atoms with Crippen molar-refractivity contribution >= 4 is 22.6 Å². The molecule has 0 spiro atoms. The standard InChI is InChI=1S/C20H23ClN2O2/c1-15-14-16(8-9-17(15)21)25-13-5-4-11-23-19-7-3-2-6-18(19)22-20(23)10-12-24/h2-3,6-9,14,24H,4-5,10-13H2,1H3. The van der Waals surface area contributed by atoms with Crippen molar-refractivity contribution in [2.75, 3.05) is 13.2 Å². The molecule has 4 nitrogen and oxygen atoms in total. The molecule has 0 unspecified atom stereocenters. The summed E-state index contributed by atoms with van der Waals surface area (Å²) in [5.74, 6) is 1.80. The molecule has 0 radical (unpaired) electrons. The lowest BCUT2D eigenvalue weighted by Crippen LogP contribution is -2.07. The number of unbranched alkanes of at least 4 members (excludes halogenated alkanes) is 1. The topological polar surface area (TPSA) is 47.3 Å². The van der Waals surface area contributed by atoms with Crippen LogP contribution in [0.2, 0.25) is 5.02 Å². The molecule has 1 N–H and O–H groups in total. The molecule has 0 bridgehead atoms. The van der Waals surface area contributed by atoms with Crippen molar-refractivity contribution in [3.05, 3.63) is 58.9 Å². The van der Waals surface area contributed by atoms with Crippen molar-refractivity contribution in [3.8, 4) is 5.75 Å². The van der Waals surface area contributed by atoms with E-state index in [1.807, 2.05) is 43.3 Å². The summed E-state index contributed by atoms with van der Waals surface area (Å²) >= 11 is 6.03. The summed E-state index contributed by atoms with van der Waals surface area (Å²) in [5.41, 5.74) is 3.14. The van der Waals surface area contributed by atoms with Gasteiger partial charge >= 0.3 is 0 Å². The van der Waals surface area contributed by atoms with E-state index in [0.717, 1.165) is 52.6 Å². The van der Waals surface area contributed by atoms with Gasteiger partial charge in [0, 0.05) is 18.0 Å². The molecule has 0 saturated carbocycles. The van der Waals surface area contributed by atoms with E-state index < -0.39 is 0 Å². The van der Waals surface area contributed by atoms with Crippen LogP contribution in [-0.4, -0.2) is 27.9 Å². The van der Waals surface area contributed by atoms with E-state index in [-0.39, 0.29) is 6.61 Å². The number of aliphatic hydroxyl groups is 1. The number of aliphatic hydroxyl groups excluding tert-OH is 1. The Morgan fingerprint density at radius 1 is 1.16 bits per heavy atom. The highest BCUT2D eigenvalue weighted by Crippen LogP contribution is 2.21. The molecule has 0 fully saturated rings. The summed E-state index contributed by atoms with van der Waals surface area (Å²) in [6.45, 7) is 3.63. The molecule has 1 heterocycles. The number of fused-ring (bicyclic) bond motifs is 1. The highest BCUT2D eigenvalue weighted by Gasteiger charge is 2.09. The van der Waals surface area contributed by atoms with Crippen molar-refractivity contribution in [2.24, 2.45) is 0 Å². The number of rotatable bonds is 8. The number of imidazole rings is 1. The average molecular weight is 359 g/mol. The van der Waals surface area contributed by atoms with Gasteiger partial charge in [-0.15, -0.1) is 0 Å². The van der Waals surface area contributed by atoms with Crippen LogP contribution in [0.15, 0.2) is 42.5 Å². The van der Waals surface area contributed by atoms with E-state index in [0.29, 0.717) is 13.0 Å². The van der Waals surface area contributed by atoms with Crippen LogP contribution in [-0.2, 0) is 13.0 Å². The quantitative estimate of drug-likeness (QED) is 0.607. The predicted molar refractivity (Wildman–Crippen MR) is 101 cm³/mol. The fourth-order valence-corrected chi connectivity index (χ4v) is 3.05. The summed E-state index contributed by atoms with van der Waals surface area (Å²) in [5, 5.41) is 10.0. The summed E-state index contributed by atoms with van der Waals surface area (Å²) in [4.78, 5) is 4.63. The van der Waals surface area contributed by atoms with Crippen LogP contribution < -0.4 is 4.74 Å².